The second-order valence-electron chi connectivity index (χ2n) is 25.9. The number of rotatable bonds is 15. The summed E-state index contributed by atoms with van der Waals surface area (Å²) in [6, 6.07) is 23.8. The monoisotopic (exact) mass is 1730 g/mol. The zero-order chi connectivity index (χ0) is 91.5. The first-order valence-electron chi connectivity index (χ1n) is 35.2. The van der Waals surface area contributed by atoms with Crippen molar-refractivity contribution in [2.75, 3.05) is 71.1 Å². The largest absolute Gasteiger partial charge is 0.508 e. The van der Waals surface area contributed by atoms with Gasteiger partial charge >= 0.3 is 0 Å². The average Bonchev–Trinajstić information content (AvgIpc) is 0.865. The van der Waals surface area contributed by atoms with Gasteiger partial charge in [0.2, 0.25) is 84.6 Å². The van der Waals surface area contributed by atoms with E-state index in [1.165, 1.54) is 107 Å². The van der Waals surface area contributed by atoms with Crippen molar-refractivity contribution >= 4 is 54.8 Å². The maximum absolute atomic E-state index is 12.9. The van der Waals surface area contributed by atoms with E-state index in [-0.39, 0.29) is 175 Å². The Kier molecular flexibility index (Phi) is 25.0. The first-order valence-corrected chi connectivity index (χ1v) is 35.2. The molecule has 10 aromatic carbocycles. The Hall–Kier alpha value is -17.8. The van der Waals surface area contributed by atoms with Crippen LogP contribution in [0.2, 0.25) is 0 Å². The summed E-state index contributed by atoms with van der Waals surface area (Å²) in [4.78, 5) is 62.1. The molecular formula is C85H70O40. The highest BCUT2D eigenvalue weighted by atomic mass is 16.5. The summed E-state index contributed by atoms with van der Waals surface area (Å²) in [5.74, 6) is -10.2. The second kappa shape index (κ2) is 35.4. The zero-order valence-corrected chi connectivity index (χ0v) is 66.2. The predicted molar refractivity (Wildman–Crippen MR) is 438 cm³/mol. The van der Waals surface area contributed by atoms with Crippen molar-refractivity contribution < 1.29 is 172 Å². The molecule has 0 bridgehead atoms. The second-order valence-corrected chi connectivity index (χ2v) is 25.9. The van der Waals surface area contributed by atoms with Gasteiger partial charge in [-0.1, -0.05) is 0 Å². The Morgan fingerprint density at radius 2 is 0.432 bits per heavy atom. The van der Waals surface area contributed by atoms with Crippen LogP contribution in [-0.2, 0) is 0 Å². The van der Waals surface area contributed by atoms with E-state index in [0.717, 1.165) is 72.8 Å². The Bertz CT molecular complexity index is 6890. The zero-order valence-electron chi connectivity index (χ0n) is 66.2. The fourth-order valence-electron chi connectivity index (χ4n) is 12.6. The summed E-state index contributed by atoms with van der Waals surface area (Å²) in [6.45, 7) is 0. The number of phenols is 16. The SMILES string of the molecule is COc1c(O)cc(-c2oc3cc(O)cc(O)c3c(=O)c2O)cc1O.COc1cc(-c2oc3cc(O)cc(O)c3c(=O)c2O)cc(O)c1O.COc1cc(-c2oc3cc(O)cc(O)c3c(=O)c2O)cc(O)c1O.COc1cc(-c2oc3cc(O)cc(O)c3c(=O)c2O)cc(OC)c1O.COc1cc(O)c2c(=O)c(OC)c(-c3cc(OC)c(OC)c(OC)c3)oc2c1. The van der Waals surface area contributed by atoms with Crippen LogP contribution in [0.5, 0.6) is 172 Å². The van der Waals surface area contributed by atoms with Gasteiger partial charge in [0, 0.05) is 88.5 Å². The fraction of sp³-hybridized carbons (Fsp3) is 0.118. The summed E-state index contributed by atoms with van der Waals surface area (Å²) in [6.07, 6.45) is 0. The average molecular weight is 1730 g/mol. The van der Waals surface area contributed by atoms with Crippen LogP contribution >= 0.6 is 0 Å². The first kappa shape index (κ1) is 88.1. The summed E-state index contributed by atoms with van der Waals surface area (Å²) in [7, 11) is 13.7. The Morgan fingerprint density at radius 3 is 0.728 bits per heavy atom. The highest BCUT2D eigenvalue weighted by Gasteiger charge is 2.29. The third-order valence-corrected chi connectivity index (χ3v) is 18.3. The number of methoxy groups -OCH3 is 10. The maximum atomic E-state index is 12.9. The van der Waals surface area contributed by atoms with Crippen LogP contribution in [0.4, 0.5) is 0 Å². The summed E-state index contributed by atoms with van der Waals surface area (Å²) < 4.78 is 78.7. The van der Waals surface area contributed by atoms with Crippen LogP contribution in [0.25, 0.3) is 111 Å². The molecule has 20 N–H and O–H groups in total. The lowest BCUT2D eigenvalue weighted by Crippen LogP contribution is -2.08. The minimum atomic E-state index is -0.932. The van der Waals surface area contributed by atoms with Gasteiger partial charge in [-0.25, -0.2) is 0 Å². The molecule has 0 atom stereocenters. The number of ether oxygens (including phenoxy) is 10. The van der Waals surface area contributed by atoms with Gasteiger partial charge in [-0.05, 0) is 60.7 Å². The van der Waals surface area contributed by atoms with E-state index in [4.69, 9.17) is 69.5 Å². The minimum absolute atomic E-state index is 0.00570. The molecule has 650 valence electrons. The van der Waals surface area contributed by atoms with E-state index >= 15 is 0 Å². The quantitative estimate of drug-likeness (QED) is 0.0424. The van der Waals surface area contributed by atoms with Crippen molar-refractivity contribution in [3.8, 4) is 229 Å². The van der Waals surface area contributed by atoms with Crippen LogP contribution in [-0.4, -0.2) is 173 Å². The van der Waals surface area contributed by atoms with Crippen LogP contribution in [0, 0.1) is 0 Å². The van der Waals surface area contributed by atoms with E-state index in [9.17, 15) is 126 Å². The van der Waals surface area contributed by atoms with Crippen molar-refractivity contribution in [3.05, 3.63) is 172 Å². The molecule has 0 radical (unpaired) electrons. The number of aromatic hydroxyl groups is 20. The predicted octanol–water partition coefficient (Wildman–Crippen LogP) is 11.5. The van der Waals surface area contributed by atoms with Crippen LogP contribution in [0.3, 0.4) is 0 Å². The molecule has 15 aromatic rings. The number of phenolic OH excluding ortho intramolecular Hbond substituents is 16. The molecule has 125 heavy (non-hydrogen) atoms. The van der Waals surface area contributed by atoms with Crippen molar-refractivity contribution in [2.24, 2.45) is 0 Å². The molecule has 40 heteroatoms. The molecule has 0 unspecified atom stereocenters. The molecule has 0 aliphatic rings. The smallest absolute Gasteiger partial charge is 0.239 e. The molecule has 40 nitrogen and oxygen atoms in total. The van der Waals surface area contributed by atoms with Crippen molar-refractivity contribution in [2.45, 2.75) is 0 Å². The third-order valence-electron chi connectivity index (χ3n) is 18.3. The van der Waals surface area contributed by atoms with Gasteiger partial charge < -0.3 is 172 Å². The lowest BCUT2D eigenvalue weighted by Gasteiger charge is -2.15. The van der Waals surface area contributed by atoms with Gasteiger partial charge in [0.1, 0.15) is 112 Å². The molecule has 0 aliphatic heterocycles. The highest BCUT2D eigenvalue weighted by Crippen LogP contribution is 2.50. The topological polar surface area (TPSA) is 648 Å². The molecule has 5 aromatic heterocycles. The minimum Gasteiger partial charge on any atom is -0.508 e. The molecule has 15 rings (SSSR count). The van der Waals surface area contributed by atoms with E-state index in [0.29, 0.717) is 28.6 Å². The van der Waals surface area contributed by atoms with E-state index in [1.807, 2.05) is 0 Å². The highest BCUT2D eigenvalue weighted by molar-refractivity contribution is 5.94. The molecule has 0 saturated carbocycles. The van der Waals surface area contributed by atoms with Crippen molar-refractivity contribution in [1.29, 1.82) is 0 Å². The molecule has 0 saturated heterocycles. The lowest BCUT2D eigenvalue weighted by atomic mass is 10.1. The Morgan fingerprint density at radius 1 is 0.192 bits per heavy atom. The number of benzene rings is 10. The van der Waals surface area contributed by atoms with Crippen LogP contribution in [0.1, 0.15) is 0 Å². The van der Waals surface area contributed by atoms with Crippen LogP contribution < -0.4 is 74.5 Å². The maximum Gasteiger partial charge on any atom is 0.239 e. The van der Waals surface area contributed by atoms with E-state index in [1.54, 1.807) is 12.1 Å². The first-order chi connectivity index (χ1) is 59.3. The normalized spacial score (nSPS) is 10.8. The Balaban J connectivity index is 0.000000152. The lowest BCUT2D eigenvalue weighted by molar-refractivity contribution is 0.324. The summed E-state index contributed by atoms with van der Waals surface area (Å²) >= 11 is 0. The molecule has 0 amide bonds. The van der Waals surface area contributed by atoms with Gasteiger partial charge in [-0.15, -0.1) is 0 Å². The molecule has 0 spiro atoms. The number of hydrogen-bond acceptors (Lipinski definition) is 40. The van der Waals surface area contributed by atoms with Crippen molar-refractivity contribution in [1.82, 2.24) is 0 Å². The molecule has 0 fully saturated rings. The van der Waals surface area contributed by atoms with Crippen molar-refractivity contribution in [3.63, 3.8) is 0 Å². The number of hydrogen-bond donors (Lipinski definition) is 20. The van der Waals surface area contributed by atoms with Gasteiger partial charge in [-0.2, -0.15) is 0 Å². The third kappa shape index (κ3) is 16.8. The molecule has 5 heterocycles. The van der Waals surface area contributed by atoms with Gasteiger partial charge in [0.05, 0.1) is 71.1 Å². The summed E-state index contributed by atoms with van der Waals surface area (Å²) in [5.41, 5.74) is -3.94. The Labute approximate surface area is 696 Å². The summed E-state index contributed by atoms with van der Waals surface area (Å²) in [5, 5.41) is 195. The van der Waals surface area contributed by atoms with Crippen LogP contribution in [0.15, 0.2) is 167 Å². The fourth-order valence-corrected chi connectivity index (χ4v) is 12.6. The molecule has 0 aliphatic carbocycles. The number of fused-ring (bicyclic) bond motifs is 5. The van der Waals surface area contributed by atoms with Gasteiger partial charge in [-0.3, -0.25) is 24.0 Å². The van der Waals surface area contributed by atoms with Gasteiger partial charge in [0.15, 0.2) is 86.3 Å². The van der Waals surface area contributed by atoms with E-state index < -0.39 is 108 Å². The van der Waals surface area contributed by atoms with Gasteiger partial charge in [0.25, 0.3) is 0 Å². The molecular weight excluding hydrogens is 1660 g/mol. The van der Waals surface area contributed by atoms with E-state index in [2.05, 4.69) is 0 Å². The standard InChI is InChI=1S/C20H20O8.C17H14O8.3C16H12O8/c1-23-11-8-12(21)16-13(9-11)28-18(20(27-5)17(16)22)10-6-14(24-2)19(26-4)15(7-10)25-3;1-23-11-3-7(4-12(24-2)14(11)20)17-16(22)15(21)13-9(19)5-8(18)6-10(13)25-17;2*1-23-11-3-6(2-9(19)13(11)20)16-15(22)14(21)12-8(18)4-7(17)5-10(12)24-16;1-23-16-9(19)2-6(3-10(16)20)15-14(22)13(21)12-8(18)4-7(17)5-11(12)24-15/h6-9,21H,1-5H3;3-6,18-20,22H,1-2H3;3*2-5,17-20,22H,1H3.